The van der Waals surface area contributed by atoms with E-state index in [2.05, 4.69) is 21.2 Å². The van der Waals surface area contributed by atoms with Gasteiger partial charge in [0.05, 0.1) is 17.6 Å². The number of halogens is 3. The molecule has 0 fully saturated rings. The fourth-order valence-electron chi connectivity index (χ4n) is 2.08. The van der Waals surface area contributed by atoms with Crippen molar-refractivity contribution in [1.82, 2.24) is 5.32 Å². The molecular formula is C15H14BrF2NO. The van der Waals surface area contributed by atoms with Gasteiger partial charge in [-0.2, -0.15) is 0 Å². The third-order valence-electron chi connectivity index (χ3n) is 3.07. The van der Waals surface area contributed by atoms with Crippen LogP contribution in [0.4, 0.5) is 8.78 Å². The summed E-state index contributed by atoms with van der Waals surface area (Å²) in [5.41, 5.74) is 1.05. The van der Waals surface area contributed by atoms with Crippen LogP contribution in [-0.2, 0) is 0 Å². The molecule has 1 N–H and O–H groups in total. The number of nitrogens with one attached hydrogen (secondary N) is 1. The molecule has 2 aromatic rings. The second kappa shape index (κ2) is 6.33. The van der Waals surface area contributed by atoms with Gasteiger partial charge in [-0.3, -0.25) is 0 Å². The van der Waals surface area contributed by atoms with Gasteiger partial charge in [0, 0.05) is 5.56 Å². The maximum Gasteiger partial charge on any atom is 0.137 e. The predicted molar refractivity (Wildman–Crippen MR) is 78.0 cm³/mol. The summed E-state index contributed by atoms with van der Waals surface area (Å²) < 4.78 is 33.0. The number of rotatable bonds is 4. The van der Waals surface area contributed by atoms with Crippen molar-refractivity contribution in [1.29, 1.82) is 0 Å². The monoisotopic (exact) mass is 341 g/mol. The van der Waals surface area contributed by atoms with Crippen LogP contribution < -0.4 is 10.1 Å². The van der Waals surface area contributed by atoms with E-state index in [1.165, 1.54) is 6.07 Å². The molecule has 0 spiro atoms. The van der Waals surface area contributed by atoms with Crippen molar-refractivity contribution in [3.05, 3.63) is 63.6 Å². The summed E-state index contributed by atoms with van der Waals surface area (Å²) in [5, 5.41) is 3.00. The van der Waals surface area contributed by atoms with E-state index in [0.717, 1.165) is 11.6 Å². The van der Waals surface area contributed by atoms with Gasteiger partial charge in [0.25, 0.3) is 0 Å². The largest absolute Gasteiger partial charge is 0.497 e. The number of ether oxygens (including phenoxy) is 1. The van der Waals surface area contributed by atoms with Crippen molar-refractivity contribution in [2.45, 2.75) is 6.04 Å². The van der Waals surface area contributed by atoms with Gasteiger partial charge in [0.1, 0.15) is 17.4 Å². The van der Waals surface area contributed by atoms with Gasteiger partial charge in [0.15, 0.2) is 0 Å². The molecule has 1 atom stereocenters. The van der Waals surface area contributed by atoms with E-state index in [1.54, 1.807) is 26.3 Å². The molecule has 0 saturated heterocycles. The quantitative estimate of drug-likeness (QED) is 0.847. The first-order valence-electron chi connectivity index (χ1n) is 6.02. The summed E-state index contributed by atoms with van der Waals surface area (Å²) >= 11 is 2.97. The smallest absolute Gasteiger partial charge is 0.137 e. The van der Waals surface area contributed by atoms with Crippen molar-refractivity contribution >= 4 is 15.9 Å². The first-order chi connectivity index (χ1) is 9.56. The molecule has 0 amide bonds. The van der Waals surface area contributed by atoms with E-state index in [1.807, 2.05) is 12.1 Å². The van der Waals surface area contributed by atoms with Crippen molar-refractivity contribution in [3.63, 3.8) is 0 Å². The van der Waals surface area contributed by atoms with E-state index in [-0.39, 0.29) is 10.0 Å². The zero-order valence-corrected chi connectivity index (χ0v) is 12.7. The lowest BCUT2D eigenvalue weighted by molar-refractivity contribution is 0.413. The zero-order valence-electron chi connectivity index (χ0n) is 11.1. The highest BCUT2D eigenvalue weighted by Gasteiger charge is 2.19. The lowest BCUT2D eigenvalue weighted by Gasteiger charge is -2.19. The molecule has 2 nitrogen and oxygen atoms in total. The fourth-order valence-corrected chi connectivity index (χ4v) is 2.40. The molecule has 0 heterocycles. The first kappa shape index (κ1) is 14.9. The summed E-state index contributed by atoms with van der Waals surface area (Å²) in [4.78, 5) is 0. The minimum atomic E-state index is -0.496. The molecule has 0 radical (unpaired) electrons. The number of hydrogen-bond donors (Lipinski definition) is 1. The van der Waals surface area contributed by atoms with Crippen LogP contribution in [0.5, 0.6) is 5.75 Å². The molecule has 20 heavy (non-hydrogen) atoms. The van der Waals surface area contributed by atoms with E-state index in [4.69, 9.17) is 4.74 Å². The molecular weight excluding hydrogens is 328 g/mol. The Morgan fingerprint density at radius 1 is 1.15 bits per heavy atom. The van der Waals surface area contributed by atoms with Gasteiger partial charge < -0.3 is 10.1 Å². The SMILES string of the molecule is CNC(c1cccc(OC)c1)c1cc(F)c(Br)cc1F. The molecule has 0 saturated carbocycles. The van der Waals surface area contributed by atoms with Crippen LogP contribution in [-0.4, -0.2) is 14.2 Å². The number of methoxy groups -OCH3 is 1. The Morgan fingerprint density at radius 2 is 1.90 bits per heavy atom. The highest BCUT2D eigenvalue weighted by molar-refractivity contribution is 9.10. The third kappa shape index (κ3) is 2.99. The number of hydrogen-bond acceptors (Lipinski definition) is 2. The average Bonchev–Trinajstić information content (AvgIpc) is 2.45. The Labute approximate surface area is 124 Å². The first-order valence-corrected chi connectivity index (χ1v) is 6.81. The van der Waals surface area contributed by atoms with E-state index >= 15 is 0 Å². The summed E-state index contributed by atoms with van der Waals surface area (Å²) in [6, 6.07) is 9.12. The lowest BCUT2D eigenvalue weighted by Crippen LogP contribution is -2.19. The van der Waals surface area contributed by atoms with Crippen LogP contribution in [0.25, 0.3) is 0 Å². The molecule has 2 rings (SSSR count). The van der Waals surface area contributed by atoms with Gasteiger partial charge in [0.2, 0.25) is 0 Å². The molecule has 106 valence electrons. The molecule has 5 heteroatoms. The van der Waals surface area contributed by atoms with Gasteiger partial charge in [-0.25, -0.2) is 8.78 Å². The zero-order chi connectivity index (χ0) is 14.7. The molecule has 0 aromatic heterocycles. The molecule has 1 unspecified atom stereocenters. The van der Waals surface area contributed by atoms with Crippen LogP contribution in [0.3, 0.4) is 0 Å². The molecule has 0 aliphatic rings. The van der Waals surface area contributed by atoms with Crippen LogP contribution >= 0.6 is 15.9 Å². The van der Waals surface area contributed by atoms with Crippen molar-refractivity contribution in [2.24, 2.45) is 0 Å². The van der Waals surface area contributed by atoms with Gasteiger partial charge in [-0.1, -0.05) is 12.1 Å². The topological polar surface area (TPSA) is 21.3 Å². The van der Waals surface area contributed by atoms with E-state index in [0.29, 0.717) is 5.75 Å². The molecule has 0 aliphatic heterocycles. The number of benzene rings is 2. The second-order valence-corrected chi connectivity index (χ2v) is 5.14. The molecule has 0 bridgehead atoms. The minimum Gasteiger partial charge on any atom is -0.497 e. The third-order valence-corrected chi connectivity index (χ3v) is 3.67. The highest BCUT2D eigenvalue weighted by atomic mass is 79.9. The van der Waals surface area contributed by atoms with E-state index < -0.39 is 17.7 Å². The van der Waals surface area contributed by atoms with Gasteiger partial charge in [-0.05, 0) is 52.8 Å². The molecule has 2 aromatic carbocycles. The Hall–Kier alpha value is -1.46. The van der Waals surface area contributed by atoms with Gasteiger partial charge >= 0.3 is 0 Å². The highest BCUT2D eigenvalue weighted by Crippen LogP contribution is 2.29. The predicted octanol–water partition coefficient (Wildman–Crippen LogP) is 4.04. The van der Waals surface area contributed by atoms with Crippen LogP contribution in [0, 0.1) is 11.6 Å². The minimum absolute atomic E-state index is 0.110. The standard InChI is InChI=1S/C15H14BrF2NO/c1-19-15(9-4-3-5-10(6-9)20-2)11-7-14(18)12(16)8-13(11)17/h3-8,15,19H,1-2H3. The van der Waals surface area contributed by atoms with Crippen molar-refractivity contribution < 1.29 is 13.5 Å². The molecule has 0 aliphatic carbocycles. The summed E-state index contributed by atoms with van der Waals surface area (Å²) in [6.07, 6.45) is 0. The summed E-state index contributed by atoms with van der Waals surface area (Å²) in [5.74, 6) is -0.300. The Kier molecular flexibility index (Phi) is 4.73. The summed E-state index contributed by atoms with van der Waals surface area (Å²) in [6.45, 7) is 0. The maximum absolute atomic E-state index is 14.1. The fraction of sp³-hybridized carbons (Fsp3) is 0.200. The lowest BCUT2D eigenvalue weighted by atomic mass is 9.98. The van der Waals surface area contributed by atoms with Crippen molar-refractivity contribution in [2.75, 3.05) is 14.2 Å². The second-order valence-electron chi connectivity index (χ2n) is 4.29. The maximum atomic E-state index is 14.1. The normalized spacial score (nSPS) is 12.2. The van der Waals surface area contributed by atoms with Crippen molar-refractivity contribution in [3.8, 4) is 5.75 Å². The summed E-state index contributed by atoms with van der Waals surface area (Å²) in [7, 11) is 3.26. The Balaban J connectivity index is 2.49. The Bertz CT molecular complexity index is 619. The van der Waals surface area contributed by atoms with Crippen LogP contribution in [0.1, 0.15) is 17.2 Å². The van der Waals surface area contributed by atoms with Crippen LogP contribution in [0.2, 0.25) is 0 Å². The van der Waals surface area contributed by atoms with Crippen LogP contribution in [0.15, 0.2) is 40.9 Å². The van der Waals surface area contributed by atoms with Gasteiger partial charge in [-0.15, -0.1) is 0 Å². The Morgan fingerprint density at radius 3 is 2.55 bits per heavy atom. The average molecular weight is 342 g/mol. The van der Waals surface area contributed by atoms with E-state index in [9.17, 15) is 8.78 Å².